The summed E-state index contributed by atoms with van der Waals surface area (Å²) in [4.78, 5) is 167. The lowest BCUT2D eigenvalue weighted by Crippen LogP contribution is -2.40. The van der Waals surface area contributed by atoms with Gasteiger partial charge in [-0.15, -0.1) is 5.06 Å². The third-order valence-corrected chi connectivity index (χ3v) is 12.8. The topological polar surface area (TPSA) is 666 Å². The number of allylic oxidation sites excluding steroid dienone is 1. The van der Waals surface area contributed by atoms with Gasteiger partial charge in [-0.3, -0.25) is 58.1 Å². The zero-order valence-electron chi connectivity index (χ0n) is 67.3. The molecular weight excluding hydrogens is 1500 g/mol. The molecule has 1 fully saturated rings. The molecule has 1 rings (SSSR count). The van der Waals surface area contributed by atoms with E-state index in [2.05, 4.69) is 63.2 Å². The zero-order chi connectivity index (χ0) is 88.0. The number of carbonyl (C=O) groups excluding carboxylic acids is 9. The second-order valence-corrected chi connectivity index (χ2v) is 24.7. The van der Waals surface area contributed by atoms with Crippen LogP contribution >= 0.6 is 0 Å². The molecule has 0 atom stereocenters. The van der Waals surface area contributed by atoms with Crippen molar-refractivity contribution >= 4 is 84.2 Å². The van der Waals surface area contributed by atoms with Crippen LogP contribution in [0, 0.1) is 34.0 Å². The van der Waals surface area contributed by atoms with Crippen LogP contribution in [0.4, 0.5) is 28.8 Å². The molecule has 18 N–H and O–H groups in total. The number of methoxy groups -OCH3 is 4. The number of carboxylic acids is 5. The summed E-state index contributed by atoms with van der Waals surface area (Å²) in [6.07, 6.45) is 3.78. The van der Waals surface area contributed by atoms with E-state index in [1.807, 2.05) is 17.0 Å². The number of carbonyl (C=O) groups is 14. The lowest BCUT2D eigenvalue weighted by atomic mass is 10.2. The molecule has 1 heterocycles. The quantitative estimate of drug-likeness (QED) is 0.0166. The first-order valence-electron chi connectivity index (χ1n) is 35.5. The van der Waals surface area contributed by atoms with E-state index in [1.54, 1.807) is 67.2 Å². The van der Waals surface area contributed by atoms with E-state index in [0.29, 0.717) is 161 Å². The maximum Gasteiger partial charge on any atom is 0.407 e. The van der Waals surface area contributed by atoms with Crippen molar-refractivity contribution in [2.75, 3.05) is 193 Å². The normalized spacial score (nSPS) is 10.8. The average Bonchev–Trinajstić information content (AvgIpc) is 1.73. The van der Waals surface area contributed by atoms with Crippen molar-refractivity contribution in [3.8, 4) is 18.2 Å². The molecule has 650 valence electrons. The van der Waals surface area contributed by atoms with Crippen LogP contribution in [0.1, 0.15) is 119 Å². The average molecular weight is 1630 g/mol. The summed E-state index contributed by atoms with van der Waals surface area (Å²) in [6.45, 7) is 21.8. The molecule has 0 saturated carbocycles. The SMILES string of the molecule is C=CC#N.CC(C)(C)OC(=O)NCCCN(CCCNC(=O)OC(C)(C)C)CC(=O)O.CO.COC(=O)NCCCN(CCCNC(=O)OC)CC(=O)O.COC(=O)NCCCN(CCCNC(=O)OC)CC(=O)ON1C(=O)CCC1=O.N#CCCN(CCC#N)CC(=O)O.NCC(=O)O.NCCCN(CCCN)CC(=O)O. The van der Waals surface area contributed by atoms with Crippen LogP contribution in [0.25, 0.3) is 0 Å². The first-order valence-corrected chi connectivity index (χ1v) is 35.5. The Morgan fingerprint density at radius 3 is 0.841 bits per heavy atom. The molecule has 0 aromatic rings. The van der Waals surface area contributed by atoms with Gasteiger partial charge in [-0.1, -0.05) is 6.58 Å². The number of nitriles is 3. The van der Waals surface area contributed by atoms with Crippen molar-refractivity contribution in [2.24, 2.45) is 17.2 Å². The lowest BCUT2D eigenvalue weighted by molar-refractivity contribution is -0.198. The van der Waals surface area contributed by atoms with Gasteiger partial charge < -0.3 is 113 Å². The van der Waals surface area contributed by atoms with Gasteiger partial charge in [-0.2, -0.15) is 15.8 Å². The molecular formula is C68H126N18O27. The Labute approximate surface area is 660 Å². The van der Waals surface area contributed by atoms with Crippen molar-refractivity contribution < 1.29 is 131 Å². The summed E-state index contributed by atoms with van der Waals surface area (Å²) in [6, 6.07) is 5.56. The molecule has 113 heavy (non-hydrogen) atoms. The van der Waals surface area contributed by atoms with Crippen molar-refractivity contribution in [2.45, 2.75) is 130 Å². The van der Waals surface area contributed by atoms with Crippen LogP contribution in [-0.4, -0.2) is 348 Å². The molecule has 0 aliphatic carbocycles. The van der Waals surface area contributed by atoms with Gasteiger partial charge in [0.1, 0.15) is 11.2 Å². The van der Waals surface area contributed by atoms with Gasteiger partial charge in [0.2, 0.25) is 0 Å². The number of hydrogen-bond acceptors (Lipinski definition) is 33. The van der Waals surface area contributed by atoms with Gasteiger partial charge in [-0.25, -0.2) is 33.6 Å². The fourth-order valence-electron chi connectivity index (χ4n) is 8.01. The molecule has 0 radical (unpaired) electrons. The Hall–Kier alpha value is -10.6. The molecule has 45 nitrogen and oxygen atoms in total. The summed E-state index contributed by atoms with van der Waals surface area (Å²) in [5.41, 5.74) is 14.1. The minimum atomic E-state index is -0.968. The number of aliphatic hydroxyl groups is 1. The molecule has 1 aliphatic heterocycles. The van der Waals surface area contributed by atoms with Crippen LogP contribution in [0.5, 0.6) is 0 Å². The van der Waals surface area contributed by atoms with E-state index in [1.165, 1.54) is 34.5 Å². The number of nitrogens with zero attached hydrogens (tertiary/aromatic N) is 9. The van der Waals surface area contributed by atoms with E-state index in [9.17, 15) is 67.1 Å². The summed E-state index contributed by atoms with van der Waals surface area (Å²) in [7, 11) is 6.07. The molecule has 1 aliphatic rings. The minimum absolute atomic E-state index is 0.0220. The first kappa shape index (κ1) is 116. The zero-order valence-corrected chi connectivity index (χ0v) is 67.3. The van der Waals surface area contributed by atoms with Crippen LogP contribution in [0.2, 0.25) is 0 Å². The van der Waals surface area contributed by atoms with Crippen LogP contribution in [0.15, 0.2) is 12.7 Å². The number of alkyl carbamates (subject to hydrolysis) is 6. The molecule has 0 unspecified atom stereocenters. The maximum atomic E-state index is 12.1. The lowest BCUT2D eigenvalue weighted by Gasteiger charge is -2.22. The molecule has 0 aromatic carbocycles. The van der Waals surface area contributed by atoms with Gasteiger partial charge in [-0.05, 0) is 119 Å². The first-order chi connectivity index (χ1) is 53.2. The van der Waals surface area contributed by atoms with E-state index in [0.717, 1.165) is 33.0 Å². The molecule has 8 amide bonds. The number of hydroxylamine groups is 2. The number of nitrogens with one attached hydrogen (secondary N) is 6. The fraction of sp³-hybridized carbons (Fsp3) is 0.721. The maximum absolute atomic E-state index is 12.1. The number of imide groups is 1. The number of nitrogens with two attached hydrogens (primary N) is 3. The third-order valence-electron chi connectivity index (χ3n) is 12.8. The summed E-state index contributed by atoms with van der Waals surface area (Å²) >= 11 is 0. The van der Waals surface area contributed by atoms with E-state index in [4.69, 9.17) is 72.2 Å². The van der Waals surface area contributed by atoms with E-state index in [-0.39, 0.29) is 52.1 Å². The number of aliphatic hydroxyl groups excluding tert-OH is 1. The highest BCUT2D eigenvalue weighted by molar-refractivity contribution is 6.01. The standard InChI is InChI=1S/C18H35N3O6.C16H26N4O8.C12H23N3O6.C8H19N3O2.C8H11N3O2.C3H3N.C2H5NO2.CH4O/c1-17(2,3)26-15(24)19-9-7-11-21(13-14(22)23)12-8-10-20-16(25)27-18(4,5)6;1-26-15(24)17-7-3-9-19(10-4-8-18-16(25)27-2)11-14(23)28-20-12(21)5-6-13(20)22;1-20-11(18)13-5-3-7-15(9-10(16)17)8-4-6-14-12(19)21-2;2*9-3-1-5-11(6-2-4-10)7-8(12)13;1-2-3-4;3-1-2(4)5;1-2/h7-13H2,1-6H3,(H,19,24)(H,20,25)(H,22,23);3-11H2,1-2H3,(H,17,24)(H,18,25);3-9H2,1-2H3,(H,13,18)(H,14,19)(H,16,17);1-7,9-10H2,(H,12,13);1-2,5-7H2,(H,12,13);2H,1H2;1,3H2,(H,4,5);2H,1H3. The Bertz CT molecular complexity index is 2690. The third kappa shape index (κ3) is 90.2. The van der Waals surface area contributed by atoms with Crippen molar-refractivity contribution in [1.82, 2.24) is 61.5 Å². The predicted molar refractivity (Wildman–Crippen MR) is 406 cm³/mol. The monoisotopic (exact) mass is 1630 g/mol. The molecule has 0 bridgehead atoms. The molecule has 0 spiro atoms. The smallest absolute Gasteiger partial charge is 0.407 e. The molecule has 0 aromatic heterocycles. The number of carboxylic acid groups (broad SMARTS) is 5. The van der Waals surface area contributed by atoms with Gasteiger partial charge in [0.15, 0.2) is 0 Å². The van der Waals surface area contributed by atoms with Gasteiger partial charge >= 0.3 is 72.4 Å². The fourth-order valence-corrected chi connectivity index (χ4v) is 8.01. The molecule has 1 saturated heterocycles. The highest BCUT2D eigenvalue weighted by Crippen LogP contribution is 2.13. The van der Waals surface area contributed by atoms with E-state index >= 15 is 0 Å². The number of ether oxygens (including phenoxy) is 6. The van der Waals surface area contributed by atoms with Crippen molar-refractivity contribution in [3.63, 3.8) is 0 Å². The number of rotatable bonds is 46. The van der Waals surface area contributed by atoms with Gasteiger partial charge in [0.25, 0.3) is 11.8 Å². The van der Waals surface area contributed by atoms with Crippen LogP contribution in [-0.2, 0) is 71.6 Å². The second-order valence-electron chi connectivity index (χ2n) is 24.7. The summed E-state index contributed by atoms with van der Waals surface area (Å²) in [5, 5.41) is 89.4. The van der Waals surface area contributed by atoms with Crippen LogP contribution < -0.4 is 49.1 Å². The Morgan fingerprint density at radius 2 is 0.646 bits per heavy atom. The van der Waals surface area contributed by atoms with Crippen molar-refractivity contribution in [1.29, 1.82) is 15.8 Å². The van der Waals surface area contributed by atoms with Gasteiger partial charge in [0, 0.05) is 130 Å². The summed E-state index contributed by atoms with van der Waals surface area (Å²) in [5.74, 6) is -6.38. The largest absolute Gasteiger partial charge is 0.480 e. The van der Waals surface area contributed by atoms with Crippen molar-refractivity contribution in [3.05, 3.63) is 12.7 Å². The number of amides is 8. The van der Waals surface area contributed by atoms with Crippen LogP contribution in [0.3, 0.4) is 0 Å². The summed E-state index contributed by atoms with van der Waals surface area (Å²) < 4.78 is 28.1. The van der Waals surface area contributed by atoms with Gasteiger partial charge in [0.05, 0.1) is 85.9 Å². The molecule has 45 heteroatoms. The number of hydrogen-bond donors (Lipinski definition) is 15. The minimum Gasteiger partial charge on any atom is -0.480 e. The second kappa shape index (κ2) is 78.1. The predicted octanol–water partition coefficient (Wildman–Crippen LogP) is 0.0607. The Morgan fingerprint density at radius 1 is 0.425 bits per heavy atom. The number of aliphatic carboxylic acids is 5. The highest BCUT2D eigenvalue weighted by atomic mass is 16.7. The van der Waals surface area contributed by atoms with E-state index < -0.39 is 95.4 Å². The Balaban J connectivity index is -0.000000246. The Kier molecular flexibility index (Phi) is 80.0. The highest BCUT2D eigenvalue weighted by Gasteiger charge is 2.33.